The van der Waals surface area contributed by atoms with Crippen LogP contribution < -0.4 is 15.4 Å². The number of nitrogens with zero attached hydrogens (tertiary/aromatic N) is 3. The summed E-state index contributed by atoms with van der Waals surface area (Å²) in [4.78, 5) is 28.5. The van der Waals surface area contributed by atoms with Crippen molar-refractivity contribution in [1.29, 1.82) is 5.26 Å². The summed E-state index contributed by atoms with van der Waals surface area (Å²) in [6.07, 6.45) is 1.14. The number of anilines is 1. The number of carbonyl (C=O) groups is 2. The molecule has 1 fully saturated rings. The highest BCUT2D eigenvalue weighted by atomic mass is 16.5. The van der Waals surface area contributed by atoms with E-state index in [0.29, 0.717) is 26.2 Å². The van der Waals surface area contributed by atoms with Crippen molar-refractivity contribution in [2.24, 2.45) is 5.73 Å². The smallest absolute Gasteiger partial charge is 0.348 e. The monoisotopic (exact) mass is 428 g/mol. The molecule has 0 atom stereocenters. The first-order valence-corrected chi connectivity index (χ1v) is 10.0. The van der Waals surface area contributed by atoms with Gasteiger partial charge in [0.15, 0.2) is 0 Å². The molecule has 1 heterocycles. The van der Waals surface area contributed by atoms with Crippen molar-refractivity contribution >= 4 is 17.6 Å². The van der Waals surface area contributed by atoms with Crippen LogP contribution >= 0.6 is 0 Å². The van der Waals surface area contributed by atoms with E-state index >= 15 is 0 Å². The number of rotatable bonds is 8. The van der Waals surface area contributed by atoms with Crippen molar-refractivity contribution in [1.82, 2.24) is 4.90 Å². The molecule has 2 N–H and O–H groups in total. The molecule has 9 heteroatoms. The van der Waals surface area contributed by atoms with Crippen LogP contribution in [0.15, 0.2) is 47.3 Å². The van der Waals surface area contributed by atoms with Crippen LogP contribution in [0.2, 0.25) is 0 Å². The Morgan fingerprint density at radius 1 is 1.06 bits per heavy atom. The normalized spacial score (nSPS) is 15.0. The summed E-state index contributed by atoms with van der Waals surface area (Å²) in [5, 5.41) is 9.31. The summed E-state index contributed by atoms with van der Waals surface area (Å²) in [5.74, 6) is -0.571. The molecular weight excluding hydrogens is 400 g/mol. The lowest BCUT2D eigenvalue weighted by atomic mass is 10.1. The number of carbonyl (C=O) groups excluding carboxylic acids is 2. The van der Waals surface area contributed by atoms with Crippen molar-refractivity contribution in [2.75, 3.05) is 51.4 Å². The zero-order valence-electron chi connectivity index (χ0n) is 18.1. The van der Waals surface area contributed by atoms with Gasteiger partial charge >= 0.3 is 11.9 Å². The molecule has 1 saturated heterocycles. The van der Waals surface area contributed by atoms with Gasteiger partial charge in [0.25, 0.3) is 0 Å². The third-order valence-electron chi connectivity index (χ3n) is 4.73. The minimum atomic E-state index is -0.816. The van der Waals surface area contributed by atoms with E-state index in [1.165, 1.54) is 0 Å². The molecule has 2 rings (SSSR count). The maximum absolute atomic E-state index is 12.5. The Morgan fingerprint density at radius 2 is 1.65 bits per heavy atom. The summed E-state index contributed by atoms with van der Waals surface area (Å²) in [5.41, 5.74) is 6.99. The fourth-order valence-electron chi connectivity index (χ4n) is 3.11. The first-order valence-electron chi connectivity index (χ1n) is 10.0. The van der Waals surface area contributed by atoms with Gasteiger partial charge in [0.05, 0.1) is 20.3 Å². The van der Waals surface area contributed by atoms with Crippen LogP contribution in [0.3, 0.4) is 0 Å². The standard InChI is InChI=1S/C22H28N4O5/c1-4-30-21(27)16(15-23)14-19(22(28)31-5-2)20(24)26-12-10-25(11-13-26)17-6-8-18(29-3)9-7-17/h6-9,14H,4-5,10-13,24H2,1-3H3/b16-14+,20-19?. The van der Waals surface area contributed by atoms with Crippen LogP contribution in [0.1, 0.15) is 13.8 Å². The van der Waals surface area contributed by atoms with Crippen molar-refractivity contribution in [3.8, 4) is 11.8 Å². The molecule has 166 valence electrons. The van der Waals surface area contributed by atoms with Crippen LogP contribution in [0, 0.1) is 11.3 Å². The molecule has 0 radical (unpaired) electrons. The molecule has 1 aliphatic rings. The largest absolute Gasteiger partial charge is 0.497 e. The molecule has 0 amide bonds. The summed E-state index contributed by atoms with van der Waals surface area (Å²) in [7, 11) is 1.62. The van der Waals surface area contributed by atoms with Gasteiger partial charge in [-0.25, -0.2) is 9.59 Å². The molecule has 31 heavy (non-hydrogen) atoms. The Bertz CT molecular complexity index is 878. The minimum absolute atomic E-state index is 0.0376. The summed E-state index contributed by atoms with van der Waals surface area (Å²) in [6, 6.07) is 9.53. The van der Waals surface area contributed by atoms with E-state index in [1.54, 1.807) is 27.0 Å². The molecule has 1 aromatic rings. The fourth-order valence-corrected chi connectivity index (χ4v) is 3.11. The van der Waals surface area contributed by atoms with Gasteiger partial charge in [0.1, 0.15) is 28.8 Å². The lowest BCUT2D eigenvalue weighted by molar-refractivity contribution is -0.138. The quantitative estimate of drug-likeness (QED) is 0.285. The third kappa shape index (κ3) is 6.15. The number of nitriles is 1. The lowest BCUT2D eigenvalue weighted by Gasteiger charge is -2.37. The zero-order valence-corrected chi connectivity index (χ0v) is 18.1. The SMILES string of the molecule is CCOC(=O)C(/C=C(\C#N)C(=O)OCC)=C(N)N1CCN(c2ccc(OC)cc2)CC1. The number of nitrogens with two attached hydrogens (primary N) is 1. The van der Waals surface area contributed by atoms with Gasteiger partial charge in [-0.1, -0.05) is 0 Å². The highest BCUT2D eigenvalue weighted by Crippen LogP contribution is 2.22. The molecule has 9 nitrogen and oxygen atoms in total. The number of hydrogen-bond donors (Lipinski definition) is 1. The van der Waals surface area contributed by atoms with E-state index in [-0.39, 0.29) is 30.2 Å². The predicted molar refractivity (Wildman–Crippen MR) is 115 cm³/mol. The first kappa shape index (κ1) is 23.6. The van der Waals surface area contributed by atoms with E-state index in [2.05, 4.69) is 4.90 Å². The number of ether oxygens (including phenoxy) is 3. The second-order valence-electron chi connectivity index (χ2n) is 6.58. The Hall–Kier alpha value is -3.67. The van der Waals surface area contributed by atoms with Gasteiger partial charge in [0, 0.05) is 31.9 Å². The molecular formula is C22H28N4O5. The van der Waals surface area contributed by atoms with Crippen LogP contribution in [0.4, 0.5) is 5.69 Å². The van der Waals surface area contributed by atoms with E-state index in [1.807, 2.05) is 29.2 Å². The highest BCUT2D eigenvalue weighted by molar-refractivity contribution is 5.99. The highest BCUT2D eigenvalue weighted by Gasteiger charge is 2.24. The van der Waals surface area contributed by atoms with Crippen molar-refractivity contribution in [3.63, 3.8) is 0 Å². The van der Waals surface area contributed by atoms with Crippen LogP contribution in [-0.4, -0.2) is 63.3 Å². The summed E-state index contributed by atoms with van der Waals surface area (Å²) in [6.45, 7) is 6.00. The van der Waals surface area contributed by atoms with Crippen LogP contribution in [0.5, 0.6) is 5.75 Å². The summed E-state index contributed by atoms with van der Waals surface area (Å²) >= 11 is 0. The third-order valence-corrected chi connectivity index (χ3v) is 4.73. The maximum Gasteiger partial charge on any atom is 0.348 e. The molecule has 0 bridgehead atoms. The van der Waals surface area contributed by atoms with E-state index in [9.17, 15) is 14.9 Å². The van der Waals surface area contributed by atoms with Gasteiger partial charge in [-0.05, 0) is 44.2 Å². The maximum atomic E-state index is 12.5. The second-order valence-corrected chi connectivity index (χ2v) is 6.58. The Morgan fingerprint density at radius 3 is 2.16 bits per heavy atom. The van der Waals surface area contributed by atoms with E-state index < -0.39 is 11.9 Å². The topological polar surface area (TPSA) is 118 Å². The zero-order chi connectivity index (χ0) is 22.8. The number of piperazine rings is 1. The van der Waals surface area contributed by atoms with E-state index in [4.69, 9.17) is 19.9 Å². The number of hydrogen-bond acceptors (Lipinski definition) is 9. The van der Waals surface area contributed by atoms with Gasteiger partial charge in [0.2, 0.25) is 0 Å². The van der Waals surface area contributed by atoms with E-state index in [0.717, 1.165) is 17.5 Å². The molecule has 0 aliphatic carbocycles. The average Bonchev–Trinajstić information content (AvgIpc) is 2.80. The van der Waals surface area contributed by atoms with Crippen LogP contribution in [0.25, 0.3) is 0 Å². The predicted octanol–water partition coefficient (Wildman–Crippen LogP) is 1.56. The number of benzene rings is 1. The van der Waals surface area contributed by atoms with Gasteiger partial charge in [-0.3, -0.25) is 0 Å². The van der Waals surface area contributed by atoms with Crippen molar-refractivity contribution in [2.45, 2.75) is 13.8 Å². The van der Waals surface area contributed by atoms with Crippen LogP contribution in [-0.2, 0) is 19.1 Å². The van der Waals surface area contributed by atoms with Crippen molar-refractivity contribution in [3.05, 3.63) is 47.3 Å². The molecule has 1 aliphatic heterocycles. The first-order chi connectivity index (χ1) is 14.9. The number of methoxy groups -OCH3 is 1. The number of esters is 2. The van der Waals surface area contributed by atoms with Gasteiger partial charge < -0.3 is 29.7 Å². The average molecular weight is 428 g/mol. The Balaban J connectivity index is 2.23. The van der Waals surface area contributed by atoms with Crippen molar-refractivity contribution < 1.29 is 23.8 Å². The van der Waals surface area contributed by atoms with Gasteiger partial charge in [-0.15, -0.1) is 0 Å². The molecule has 1 aromatic carbocycles. The second kappa shape index (κ2) is 11.5. The Kier molecular flexibility index (Phi) is 8.76. The van der Waals surface area contributed by atoms with Gasteiger partial charge in [-0.2, -0.15) is 5.26 Å². The molecule has 0 saturated carbocycles. The fraction of sp³-hybridized carbons (Fsp3) is 0.409. The Labute approximate surface area is 182 Å². The molecule has 0 spiro atoms. The molecule has 0 unspecified atom stereocenters. The summed E-state index contributed by atoms with van der Waals surface area (Å²) < 4.78 is 15.1. The lowest BCUT2D eigenvalue weighted by Crippen LogP contribution is -2.48. The minimum Gasteiger partial charge on any atom is -0.497 e. The molecule has 0 aromatic heterocycles.